The second-order valence-corrected chi connectivity index (χ2v) is 5.62. The lowest BCUT2D eigenvalue weighted by Crippen LogP contribution is -1.98. The molecule has 0 fully saturated rings. The van der Waals surface area contributed by atoms with Gasteiger partial charge >= 0.3 is 0 Å². The second-order valence-electron chi connectivity index (χ2n) is 5.21. The van der Waals surface area contributed by atoms with Crippen molar-refractivity contribution in [3.63, 3.8) is 0 Å². The zero-order valence-corrected chi connectivity index (χ0v) is 13.4. The Morgan fingerprint density at radius 2 is 1.91 bits per heavy atom. The molecular weight excluding hydrogens is 312 g/mol. The molecule has 23 heavy (non-hydrogen) atoms. The first-order valence-corrected chi connectivity index (χ1v) is 7.51. The van der Waals surface area contributed by atoms with E-state index in [0.29, 0.717) is 16.5 Å². The van der Waals surface area contributed by atoms with E-state index in [1.54, 1.807) is 7.11 Å². The smallest absolute Gasteiger partial charge is 0.183 e. The number of rotatable bonds is 2. The Hall–Kier alpha value is -2.66. The number of aromatic nitrogens is 4. The molecule has 0 radical (unpaired) electrons. The van der Waals surface area contributed by atoms with E-state index < -0.39 is 0 Å². The third-order valence-electron chi connectivity index (χ3n) is 3.81. The van der Waals surface area contributed by atoms with Crippen LogP contribution in [0.25, 0.3) is 28.1 Å². The van der Waals surface area contributed by atoms with Crippen LogP contribution in [-0.4, -0.2) is 26.7 Å². The van der Waals surface area contributed by atoms with Gasteiger partial charge < -0.3 is 4.74 Å². The van der Waals surface area contributed by atoms with Gasteiger partial charge in [-0.2, -0.15) is 0 Å². The van der Waals surface area contributed by atoms with Crippen LogP contribution < -0.4 is 4.74 Å². The number of benzene rings is 2. The number of nitrogens with zero attached hydrogens (tertiary/aromatic N) is 4. The van der Waals surface area contributed by atoms with Crippen LogP contribution in [0.5, 0.6) is 5.75 Å². The molecule has 2 aromatic carbocycles. The lowest BCUT2D eigenvalue weighted by Gasteiger charge is -2.09. The first kappa shape index (κ1) is 14.0. The van der Waals surface area contributed by atoms with Crippen molar-refractivity contribution in [1.82, 2.24) is 19.6 Å². The van der Waals surface area contributed by atoms with Gasteiger partial charge in [0.1, 0.15) is 5.75 Å². The SMILES string of the molecule is COc1ccc2nc(C)c3nnc(-c4ccccc4Cl)n3c2c1. The summed E-state index contributed by atoms with van der Waals surface area (Å²) < 4.78 is 7.31. The minimum Gasteiger partial charge on any atom is -0.497 e. The normalized spacial score (nSPS) is 11.3. The van der Waals surface area contributed by atoms with E-state index in [0.717, 1.165) is 28.0 Å². The van der Waals surface area contributed by atoms with E-state index in [1.165, 1.54) is 0 Å². The quantitative estimate of drug-likeness (QED) is 0.561. The van der Waals surface area contributed by atoms with E-state index >= 15 is 0 Å². The average Bonchev–Trinajstić information content (AvgIpc) is 3.01. The molecule has 0 aliphatic heterocycles. The second kappa shape index (κ2) is 5.21. The molecule has 0 saturated carbocycles. The van der Waals surface area contributed by atoms with Gasteiger partial charge in [0.2, 0.25) is 0 Å². The van der Waals surface area contributed by atoms with Crippen LogP contribution in [0.1, 0.15) is 5.69 Å². The van der Waals surface area contributed by atoms with Crippen molar-refractivity contribution in [2.24, 2.45) is 0 Å². The highest BCUT2D eigenvalue weighted by Crippen LogP contribution is 2.30. The Balaban J connectivity index is 2.16. The predicted octanol–water partition coefficient (Wildman–Crippen LogP) is 3.91. The first-order chi connectivity index (χ1) is 11.2. The van der Waals surface area contributed by atoms with Gasteiger partial charge in [0.25, 0.3) is 0 Å². The molecule has 0 saturated heterocycles. The molecule has 4 rings (SSSR count). The van der Waals surface area contributed by atoms with Crippen molar-refractivity contribution in [3.05, 3.63) is 53.2 Å². The van der Waals surface area contributed by atoms with Gasteiger partial charge in [-0.15, -0.1) is 10.2 Å². The van der Waals surface area contributed by atoms with E-state index in [1.807, 2.05) is 53.8 Å². The highest BCUT2D eigenvalue weighted by Gasteiger charge is 2.16. The first-order valence-electron chi connectivity index (χ1n) is 7.13. The number of aryl methyl sites for hydroxylation is 1. The van der Waals surface area contributed by atoms with E-state index in [9.17, 15) is 0 Å². The molecular formula is C17H13ClN4O. The Labute approximate surface area is 137 Å². The van der Waals surface area contributed by atoms with Crippen LogP contribution in [-0.2, 0) is 0 Å². The Kier molecular flexibility index (Phi) is 3.16. The molecule has 0 spiro atoms. The van der Waals surface area contributed by atoms with Crippen LogP contribution in [0.3, 0.4) is 0 Å². The standard InChI is InChI=1S/C17H13ClN4O/c1-10-16-20-21-17(12-5-3-4-6-13(12)18)22(16)15-9-11(23-2)7-8-14(15)19-10/h3-9H,1-2H3. The molecule has 2 aromatic heterocycles. The summed E-state index contributed by atoms with van der Waals surface area (Å²) in [5, 5.41) is 9.26. The van der Waals surface area contributed by atoms with Crippen LogP contribution >= 0.6 is 11.6 Å². The molecule has 2 heterocycles. The molecule has 0 amide bonds. The fourth-order valence-electron chi connectivity index (χ4n) is 2.70. The third-order valence-corrected chi connectivity index (χ3v) is 4.14. The van der Waals surface area contributed by atoms with Crippen molar-refractivity contribution >= 4 is 28.3 Å². The zero-order chi connectivity index (χ0) is 16.0. The lowest BCUT2D eigenvalue weighted by molar-refractivity contribution is 0.415. The predicted molar refractivity (Wildman–Crippen MR) is 90.0 cm³/mol. The van der Waals surface area contributed by atoms with Crippen LogP contribution in [0.4, 0.5) is 0 Å². The summed E-state index contributed by atoms with van der Waals surface area (Å²) in [6.45, 7) is 1.92. The summed E-state index contributed by atoms with van der Waals surface area (Å²) >= 11 is 6.34. The summed E-state index contributed by atoms with van der Waals surface area (Å²) in [7, 11) is 1.64. The minimum atomic E-state index is 0.632. The number of halogens is 1. The van der Waals surface area contributed by atoms with Gasteiger partial charge in [-0.3, -0.25) is 4.40 Å². The molecule has 0 N–H and O–H groups in total. The third kappa shape index (κ3) is 2.12. The summed E-state index contributed by atoms with van der Waals surface area (Å²) in [5.41, 5.74) is 4.08. The molecule has 0 bridgehead atoms. The number of methoxy groups -OCH3 is 1. The minimum absolute atomic E-state index is 0.632. The average molecular weight is 325 g/mol. The summed E-state index contributed by atoms with van der Waals surface area (Å²) in [4.78, 5) is 4.60. The fourth-order valence-corrected chi connectivity index (χ4v) is 2.92. The van der Waals surface area contributed by atoms with Gasteiger partial charge in [-0.25, -0.2) is 4.98 Å². The molecule has 4 aromatic rings. The number of fused-ring (bicyclic) bond motifs is 3. The highest BCUT2D eigenvalue weighted by atomic mass is 35.5. The Morgan fingerprint density at radius 3 is 2.70 bits per heavy atom. The molecule has 6 heteroatoms. The number of ether oxygens (including phenoxy) is 1. The van der Waals surface area contributed by atoms with E-state index in [2.05, 4.69) is 15.2 Å². The van der Waals surface area contributed by atoms with Crippen molar-refractivity contribution < 1.29 is 4.74 Å². The number of hydrogen-bond donors (Lipinski definition) is 0. The number of hydrogen-bond acceptors (Lipinski definition) is 4. The summed E-state index contributed by atoms with van der Waals surface area (Å²) in [5.74, 6) is 1.44. The van der Waals surface area contributed by atoms with Crippen molar-refractivity contribution in [2.75, 3.05) is 7.11 Å². The monoisotopic (exact) mass is 324 g/mol. The van der Waals surface area contributed by atoms with E-state index in [-0.39, 0.29) is 0 Å². The molecule has 5 nitrogen and oxygen atoms in total. The van der Waals surface area contributed by atoms with Crippen molar-refractivity contribution in [1.29, 1.82) is 0 Å². The largest absolute Gasteiger partial charge is 0.497 e. The summed E-state index contributed by atoms with van der Waals surface area (Å²) in [6.07, 6.45) is 0. The summed E-state index contributed by atoms with van der Waals surface area (Å²) in [6, 6.07) is 13.3. The fraction of sp³-hybridized carbons (Fsp3) is 0.118. The van der Waals surface area contributed by atoms with Gasteiger partial charge in [-0.1, -0.05) is 23.7 Å². The van der Waals surface area contributed by atoms with Crippen molar-refractivity contribution in [2.45, 2.75) is 6.92 Å². The topological polar surface area (TPSA) is 52.3 Å². The van der Waals surface area contributed by atoms with Gasteiger partial charge in [0.05, 0.1) is 28.9 Å². The maximum absolute atomic E-state index is 6.34. The highest BCUT2D eigenvalue weighted by molar-refractivity contribution is 6.33. The molecule has 0 aliphatic rings. The lowest BCUT2D eigenvalue weighted by atomic mass is 10.2. The Bertz CT molecular complexity index is 1040. The molecule has 0 unspecified atom stereocenters. The van der Waals surface area contributed by atoms with Gasteiger partial charge in [0.15, 0.2) is 11.5 Å². The van der Waals surface area contributed by atoms with Gasteiger partial charge in [-0.05, 0) is 31.2 Å². The van der Waals surface area contributed by atoms with Gasteiger partial charge in [0, 0.05) is 11.6 Å². The van der Waals surface area contributed by atoms with Crippen molar-refractivity contribution in [3.8, 4) is 17.1 Å². The van der Waals surface area contributed by atoms with Crippen LogP contribution in [0.15, 0.2) is 42.5 Å². The maximum Gasteiger partial charge on any atom is 0.183 e. The maximum atomic E-state index is 6.34. The van der Waals surface area contributed by atoms with Crippen LogP contribution in [0, 0.1) is 6.92 Å². The van der Waals surface area contributed by atoms with E-state index in [4.69, 9.17) is 16.3 Å². The van der Waals surface area contributed by atoms with Crippen LogP contribution in [0.2, 0.25) is 5.02 Å². The molecule has 114 valence electrons. The molecule has 0 atom stereocenters. The molecule has 0 aliphatic carbocycles. The zero-order valence-electron chi connectivity index (χ0n) is 12.6. The Morgan fingerprint density at radius 1 is 1.09 bits per heavy atom.